The van der Waals surface area contributed by atoms with E-state index in [0.717, 1.165) is 5.69 Å². The molecule has 0 fully saturated rings. The van der Waals surface area contributed by atoms with E-state index in [4.69, 9.17) is 9.63 Å². The summed E-state index contributed by atoms with van der Waals surface area (Å²) in [6, 6.07) is 5.61. The van der Waals surface area contributed by atoms with Gasteiger partial charge in [0.2, 0.25) is 0 Å². The minimum Gasteiger partial charge on any atom is -0.478 e. The van der Waals surface area contributed by atoms with Crippen LogP contribution in [0.5, 0.6) is 0 Å². The highest BCUT2D eigenvalue weighted by Gasteiger charge is 2.10. The topological polar surface area (TPSA) is 104 Å². The summed E-state index contributed by atoms with van der Waals surface area (Å²) >= 11 is 3.21. The monoisotopic (exact) mass is 353 g/mol. The summed E-state index contributed by atoms with van der Waals surface area (Å²) in [5, 5.41) is 17.8. The number of hydrogen-bond donors (Lipinski definition) is 3. The number of carboxylic acid groups (broad SMARTS) is 1. The number of aromatic nitrogens is 1. The van der Waals surface area contributed by atoms with Crippen LogP contribution in [0.15, 0.2) is 33.3 Å². The number of nitrogens with one attached hydrogen (secondary N) is 2. The van der Waals surface area contributed by atoms with E-state index in [1.54, 1.807) is 13.0 Å². The van der Waals surface area contributed by atoms with Crippen LogP contribution < -0.4 is 10.6 Å². The summed E-state index contributed by atoms with van der Waals surface area (Å²) in [4.78, 5) is 22.6. The predicted molar refractivity (Wildman–Crippen MR) is 78.2 cm³/mol. The third-order valence-corrected chi connectivity index (χ3v) is 3.22. The van der Waals surface area contributed by atoms with Crippen LogP contribution in [0, 0.1) is 6.92 Å². The fourth-order valence-corrected chi connectivity index (χ4v) is 2.06. The van der Waals surface area contributed by atoms with Crippen molar-refractivity contribution in [2.45, 2.75) is 13.5 Å². The zero-order chi connectivity index (χ0) is 15.4. The second kappa shape index (κ2) is 6.40. The molecule has 3 N–H and O–H groups in total. The van der Waals surface area contributed by atoms with Crippen molar-refractivity contribution in [3.63, 3.8) is 0 Å². The van der Waals surface area contributed by atoms with Gasteiger partial charge in [0, 0.05) is 10.5 Å². The lowest BCUT2D eigenvalue weighted by Gasteiger charge is -2.08. The molecule has 0 unspecified atom stereocenters. The fraction of sp³-hybridized carbons (Fsp3) is 0.154. The second-order valence-corrected chi connectivity index (χ2v) is 5.10. The Balaban J connectivity index is 1.94. The average Bonchev–Trinajstić information content (AvgIpc) is 2.84. The lowest BCUT2D eigenvalue weighted by molar-refractivity contribution is 0.0697. The molecule has 2 rings (SSSR count). The molecule has 8 heteroatoms. The van der Waals surface area contributed by atoms with Crippen molar-refractivity contribution in [2.24, 2.45) is 0 Å². The highest BCUT2D eigenvalue weighted by molar-refractivity contribution is 9.10. The molecule has 0 aliphatic carbocycles. The molecule has 21 heavy (non-hydrogen) atoms. The Hall–Kier alpha value is -2.35. The Morgan fingerprint density at radius 2 is 2.14 bits per heavy atom. The van der Waals surface area contributed by atoms with Gasteiger partial charge >= 0.3 is 12.0 Å². The Morgan fingerprint density at radius 3 is 2.71 bits per heavy atom. The van der Waals surface area contributed by atoms with E-state index in [-0.39, 0.29) is 12.1 Å². The van der Waals surface area contributed by atoms with Crippen molar-refractivity contribution in [2.75, 3.05) is 5.32 Å². The SMILES string of the molecule is Cc1cc(CNC(=O)Nc2ccc(C(=O)O)cc2Br)on1. The van der Waals surface area contributed by atoms with Crippen LogP contribution in [-0.4, -0.2) is 22.3 Å². The van der Waals surface area contributed by atoms with Gasteiger partial charge in [0.15, 0.2) is 5.76 Å². The molecule has 0 saturated carbocycles. The molecular weight excluding hydrogens is 342 g/mol. The van der Waals surface area contributed by atoms with E-state index in [1.807, 2.05) is 0 Å². The number of hydrogen-bond acceptors (Lipinski definition) is 4. The molecule has 2 amide bonds. The van der Waals surface area contributed by atoms with Crippen LogP contribution >= 0.6 is 15.9 Å². The predicted octanol–water partition coefficient (Wildman–Crippen LogP) is 2.77. The van der Waals surface area contributed by atoms with Crippen LogP contribution in [0.25, 0.3) is 0 Å². The van der Waals surface area contributed by atoms with Gasteiger partial charge in [-0.25, -0.2) is 9.59 Å². The van der Waals surface area contributed by atoms with Crippen molar-refractivity contribution < 1.29 is 19.2 Å². The van der Waals surface area contributed by atoms with Gasteiger partial charge in [-0.15, -0.1) is 0 Å². The van der Waals surface area contributed by atoms with Crippen molar-refractivity contribution in [1.29, 1.82) is 0 Å². The molecule has 0 saturated heterocycles. The van der Waals surface area contributed by atoms with Gasteiger partial charge in [-0.3, -0.25) is 0 Å². The van der Waals surface area contributed by atoms with E-state index in [0.29, 0.717) is 15.9 Å². The minimum absolute atomic E-state index is 0.130. The number of amides is 2. The number of aryl methyl sites for hydroxylation is 1. The number of halogens is 1. The normalized spacial score (nSPS) is 10.2. The number of carbonyl (C=O) groups is 2. The van der Waals surface area contributed by atoms with Gasteiger partial charge < -0.3 is 20.3 Å². The Kier molecular flexibility index (Phi) is 4.59. The third kappa shape index (κ3) is 4.06. The smallest absolute Gasteiger partial charge is 0.335 e. The largest absolute Gasteiger partial charge is 0.478 e. The molecule has 1 aromatic heterocycles. The fourth-order valence-electron chi connectivity index (χ4n) is 1.58. The molecule has 0 bridgehead atoms. The van der Waals surface area contributed by atoms with Crippen molar-refractivity contribution in [3.05, 3.63) is 45.8 Å². The summed E-state index contributed by atoms with van der Waals surface area (Å²) < 4.78 is 5.44. The maximum absolute atomic E-state index is 11.7. The molecule has 0 radical (unpaired) electrons. The van der Waals surface area contributed by atoms with Crippen molar-refractivity contribution in [3.8, 4) is 0 Å². The van der Waals surface area contributed by atoms with Crippen LogP contribution in [0.3, 0.4) is 0 Å². The number of anilines is 1. The Morgan fingerprint density at radius 1 is 1.38 bits per heavy atom. The van der Waals surface area contributed by atoms with E-state index >= 15 is 0 Å². The lowest BCUT2D eigenvalue weighted by atomic mass is 10.2. The zero-order valence-corrected chi connectivity index (χ0v) is 12.6. The number of benzene rings is 1. The number of nitrogens with zero attached hydrogens (tertiary/aromatic N) is 1. The van der Waals surface area contributed by atoms with E-state index in [2.05, 4.69) is 31.7 Å². The summed E-state index contributed by atoms with van der Waals surface area (Å²) in [7, 11) is 0. The first-order valence-electron chi connectivity index (χ1n) is 5.95. The van der Waals surface area contributed by atoms with Gasteiger partial charge in [-0.2, -0.15) is 0 Å². The number of carbonyl (C=O) groups excluding carboxylic acids is 1. The number of aromatic carboxylic acids is 1. The average molecular weight is 354 g/mol. The van der Waals surface area contributed by atoms with Crippen LogP contribution in [0.2, 0.25) is 0 Å². The molecule has 0 aliphatic rings. The highest BCUT2D eigenvalue weighted by Crippen LogP contribution is 2.23. The van der Waals surface area contributed by atoms with Gasteiger partial charge in [0.1, 0.15) is 0 Å². The molecule has 1 heterocycles. The van der Waals surface area contributed by atoms with Crippen LogP contribution in [-0.2, 0) is 6.54 Å². The first-order valence-corrected chi connectivity index (χ1v) is 6.75. The molecule has 0 spiro atoms. The van der Waals surface area contributed by atoms with E-state index < -0.39 is 12.0 Å². The Labute approximate surface area is 128 Å². The van der Waals surface area contributed by atoms with E-state index in [1.165, 1.54) is 18.2 Å². The summed E-state index contributed by atoms with van der Waals surface area (Å²) in [5.41, 5.74) is 1.33. The summed E-state index contributed by atoms with van der Waals surface area (Å²) in [6.07, 6.45) is 0. The number of rotatable bonds is 4. The zero-order valence-electron chi connectivity index (χ0n) is 11.0. The Bertz CT molecular complexity index is 684. The quantitative estimate of drug-likeness (QED) is 0.783. The summed E-state index contributed by atoms with van der Waals surface area (Å²) in [6.45, 7) is 1.99. The molecule has 0 atom stereocenters. The molecule has 1 aromatic carbocycles. The number of carboxylic acids is 1. The molecular formula is C13H12BrN3O4. The molecule has 0 aliphatic heterocycles. The summed E-state index contributed by atoms with van der Waals surface area (Å²) in [5.74, 6) is -0.490. The van der Waals surface area contributed by atoms with Gasteiger partial charge in [-0.1, -0.05) is 5.16 Å². The first kappa shape index (κ1) is 15.0. The van der Waals surface area contributed by atoms with Crippen molar-refractivity contribution in [1.82, 2.24) is 10.5 Å². The second-order valence-electron chi connectivity index (χ2n) is 4.24. The minimum atomic E-state index is -1.03. The lowest BCUT2D eigenvalue weighted by Crippen LogP contribution is -2.28. The van der Waals surface area contributed by atoms with Crippen LogP contribution in [0.4, 0.5) is 10.5 Å². The van der Waals surface area contributed by atoms with Crippen molar-refractivity contribution >= 4 is 33.6 Å². The van der Waals surface area contributed by atoms with Crippen LogP contribution in [0.1, 0.15) is 21.8 Å². The third-order valence-electron chi connectivity index (χ3n) is 2.56. The number of urea groups is 1. The first-order chi connectivity index (χ1) is 9.95. The highest BCUT2D eigenvalue weighted by atomic mass is 79.9. The van der Waals surface area contributed by atoms with Gasteiger partial charge in [0.05, 0.1) is 23.5 Å². The molecule has 7 nitrogen and oxygen atoms in total. The van der Waals surface area contributed by atoms with E-state index in [9.17, 15) is 9.59 Å². The van der Waals surface area contributed by atoms with Gasteiger partial charge in [-0.05, 0) is 41.1 Å². The molecule has 2 aromatic rings. The van der Waals surface area contributed by atoms with Gasteiger partial charge in [0.25, 0.3) is 0 Å². The standard InChI is InChI=1S/C13H12BrN3O4/c1-7-4-9(21-17-7)6-15-13(20)16-11-3-2-8(12(18)19)5-10(11)14/h2-5H,6H2,1H3,(H,18,19)(H2,15,16,20). The maximum atomic E-state index is 11.7. The molecule has 110 valence electrons. The maximum Gasteiger partial charge on any atom is 0.335 e.